The van der Waals surface area contributed by atoms with Crippen molar-refractivity contribution in [1.82, 2.24) is 29.6 Å². The second-order valence-electron chi connectivity index (χ2n) is 11.2. The van der Waals surface area contributed by atoms with Gasteiger partial charge in [-0.25, -0.2) is 9.97 Å². The van der Waals surface area contributed by atoms with Crippen LogP contribution in [0, 0.1) is 11.3 Å². The first-order chi connectivity index (χ1) is 18.6. The van der Waals surface area contributed by atoms with Gasteiger partial charge in [0, 0.05) is 49.2 Å². The normalized spacial score (nSPS) is 19.8. The maximum Gasteiger partial charge on any atom is 0.245 e. The Hall–Kier alpha value is -3.72. The van der Waals surface area contributed by atoms with Crippen LogP contribution in [0.3, 0.4) is 0 Å². The number of nitrogens with zero attached hydrogens (tertiary/aromatic N) is 6. The zero-order chi connectivity index (χ0) is 25.7. The first kappa shape index (κ1) is 23.4. The molecule has 0 atom stereocenters. The minimum absolute atomic E-state index is 0.0676. The molecule has 0 radical (unpaired) electrons. The third-order valence-corrected chi connectivity index (χ3v) is 8.80. The molecule has 196 valence electrons. The summed E-state index contributed by atoms with van der Waals surface area (Å²) in [6.07, 6.45) is 9.82. The van der Waals surface area contributed by atoms with E-state index in [9.17, 15) is 4.79 Å². The van der Waals surface area contributed by atoms with Crippen LogP contribution in [0.1, 0.15) is 25.7 Å². The van der Waals surface area contributed by atoms with E-state index >= 15 is 0 Å². The van der Waals surface area contributed by atoms with Gasteiger partial charge in [-0.1, -0.05) is 12.6 Å². The third-order valence-electron chi connectivity index (χ3n) is 8.80. The lowest BCUT2D eigenvalue weighted by atomic mass is 9.66. The summed E-state index contributed by atoms with van der Waals surface area (Å²) in [5.41, 5.74) is 4.51. The topological polar surface area (TPSA) is 92.2 Å². The third kappa shape index (κ3) is 4.05. The first-order valence-electron chi connectivity index (χ1n) is 13.6. The number of nitrogens with one attached hydrogen (secondary N) is 1. The molecule has 1 amide bonds. The van der Waals surface area contributed by atoms with Crippen molar-refractivity contribution in [1.29, 1.82) is 0 Å². The van der Waals surface area contributed by atoms with Crippen molar-refractivity contribution in [3.05, 3.63) is 49.4 Å². The summed E-state index contributed by atoms with van der Waals surface area (Å²) in [7, 11) is 0. The van der Waals surface area contributed by atoms with Gasteiger partial charge in [0.15, 0.2) is 0 Å². The number of aromatic nitrogens is 5. The molecule has 9 heteroatoms. The van der Waals surface area contributed by atoms with Crippen LogP contribution >= 0.6 is 0 Å². The van der Waals surface area contributed by atoms with Crippen molar-refractivity contribution < 1.29 is 9.53 Å². The van der Waals surface area contributed by atoms with Crippen molar-refractivity contribution in [2.75, 3.05) is 44.3 Å². The van der Waals surface area contributed by atoms with Crippen molar-refractivity contribution in [3.8, 4) is 11.3 Å². The van der Waals surface area contributed by atoms with E-state index in [-0.39, 0.29) is 5.91 Å². The fourth-order valence-corrected chi connectivity index (χ4v) is 6.59. The monoisotopic (exact) mass is 511 g/mol. The number of benzene rings is 1. The van der Waals surface area contributed by atoms with Crippen LogP contribution in [0.15, 0.2) is 49.4 Å². The maximum absolute atomic E-state index is 11.8. The molecule has 1 aromatic carbocycles. The molecule has 5 heterocycles. The molecule has 2 aliphatic heterocycles. The van der Waals surface area contributed by atoms with Crippen molar-refractivity contribution in [2.24, 2.45) is 11.3 Å². The van der Waals surface area contributed by atoms with E-state index in [4.69, 9.17) is 9.84 Å². The molecule has 0 unspecified atom stereocenters. The van der Waals surface area contributed by atoms with Crippen LogP contribution in [0.4, 0.5) is 5.82 Å². The SMILES string of the molecule is C=CC(=O)N1CC2(CCC(Cn3ncc4cc(-c5cc6c(N7CCOCC7)ncnc6[nH]5)ccc43)CC2)C1. The van der Waals surface area contributed by atoms with Crippen LogP contribution in [0.5, 0.6) is 0 Å². The van der Waals surface area contributed by atoms with E-state index in [1.54, 1.807) is 6.33 Å². The molecule has 0 bridgehead atoms. The molecule has 9 nitrogen and oxygen atoms in total. The molecule has 1 N–H and O–H groups in total. The van der Waals surface area contributed by atoms with Crippen molar-refractivity contribution in [2.45, 2.75) is 32.2 Å². The van der Waals surface area contributed by atoms with Gasteiger partial charge in [0.2, 0.25) is 5.91 Å². The fourth-order valence-electron chi connectivity index (χ4n) is 6.59. The van der Waals surface area contributed by atoms with Gasteiger partial charge < -0.3 is 19.5 Å². The smallest absolute Gasteiger partial charge is 0.245 e. The summed E-state index contributed by atoms with van der Waals surface area (Å²) in [5, 5.41) is 6.95. The number of hydrogen-bond acceptors (Lipinski definition) is 6. The minimum atomic E-state index is 0.0676. The summed E-state index contributed by atoms with van der Waals surface area (Å²) < 4.78 is 7.68. The molecule has 1 spiro atoms. The number of anilines is 1. The summed E-state index contributed by atoms with van der Waals surface area (Å²) in [6, 6.07) is 8.73. The number of carbonyl (C=O) groups excluding carboxylic acids is 1. The highest BCUT2D eigenvalue weighted by molar-refractivity contribution is 5.93. The van der Waals surface area contributed by atoms with Crippen molar-refractivity contribution in [3.63, 3.8) is 0 Å². The summed E-state index contributed by atoms with van der Waals surface area (Å²) in [6.45, 7) is 9.47. The predicted molar refractivity (Wildman–Crippen MR) is 147 cm³/mol. The molecule has 38 heavy (non-hydrogen) atoms. The highest BCUT2D eigenvalue weighted by atomic mass is 16.5. The van der Waals surface area contributed by atoms with E-state index in [1.165, 1.54) is 37.3 Å². The predicted octanol–water partition coefficient (Wildman–Crippen LogP) is 4.02. The van der Waals surface area contributed by atoms with Gasteiger partial charge in [-0.05, 0) is 61.4 Å². The van der Waals surface area contributed by atoms with Crippen LogP contribution in [0.25, 0.3) is 33.2 Å². The molecule has 3 aromatic heterocycles. The van der Waals surface area contributed by atoms with Gasteiger partial charge in [0.25, 0.3) is 0 Å². The number of rotatable bonds is 5. The van der Waals surface area contributed by atoms with Crippen LogP contribution in [-0.4, -0.2) is 74.9 Å². The lowest BCUT2D eigenvalue weighted by Crippen LogP contribution is -2.59. The highest BCUT2D eigenvalue weighted by Crippen LogP contribution is 2.46. The Morgan fingerprint density at radius 3 is 2.76 bits per heavy atom. The van der Waals surface area contributed by atoms with Gasteiger partial charge in [-0.2, -0.15) is 5.10 Å². The second kappa shape index (κ2) is 9.23. The molecule has 4 aromatic rings. The molecule has 3 aliphatic rings. The Bertz CT molecular complexity index is 1500. The van der Waals surface area contributed by atoms with E-state index in [0.717, 1.165) is 79.4 Å². The molecular formula is C29H33N7O2. The number of ether oxygens (including phenoxy) is 1. The minimum Gasteiger partial charge on any atom is -0.378 e. The van der Waals surface area contributed by atoms with Gasteiger partial charge in [0.1, 0.15) is 17.8 Å². The Morgan fingerprint density at radius 2 is 1.97 bits per heavy atom. The number of likely N-dealkylation sites (tertiary alicyclic amines) is 1. The van der Waals surface area contributed by atoms with Crippen LogP contribution in [-0.2, 0) is 16.1 Å². The highest BCUT2D eigenvalue weighted by Gasteiger charge is 2.46. The Labute approximate surface area is 221 Å². The zero-order valence-corrected chi connectivity index (χ0v) is 21.6. The van der Waals surface area contributed by atoms with E-state index in [0.29, 0.717) is 11.3 Å². The number of fused-ring (bicyclic) bond motifs is 2. The summed E-state index contributed by atoms with van der Waals surface area (Å²) >= 11 is 0. The fraction of sp³-hybridized carbons (Fsp3) is 0.448. The maximum atomic E-state index is 11.8. The van der Waals surface area contributed by atoms with Crippen LogP contribution in [0.2, 0.25) is 0 Å². The first-order valence-corrected chi connectivity index (χ1v) is 13.6. The quantitative estimate of drug-likeness (QED) is 0.407. The Kier molecular flexibility index (Phi) is 5.69. The van der Waals surface area contributed by atoms with Gasteiger partial charge in [-0.3, -0.25) is 9.48 Å². The average molecular weight is 512 g/mol. The summed E-state index contributed by atoms with van der Waals surface area (Å²) in [4.78, 5) is 28.6. The largest absolute Gasteiger partial charge is 0.378 e. The Balaban J connectivity index is 1.06. The molecule has 7 rings (SSSR count). The number of aromatic amines is 1. The summed E-state index contributed by atoms with van der Waals surface area (Å²) in [5.74, 6) is 1.65. The van der Waals surface area contributed by atoms with Gasteiger partial charge in [0.05, 0.1) is 30.3 Å². The number of H-pyrrole nitrogens is 1. The molecule has 2 saturated heterocycles. The second-order valence-corrected chi connectivity index (χ2v) is 11.2. The van der Waals surface area contributed by atoms with Crippen molar-refractivity contribution >= 4 is 33.7 Å². The lowest BCUT2D eigenvalue weighted by molar-refractivity contribution is -0.140. The molecular weight excluding hydrogens is 478 g/mol. The number of morpholine rings is 1. The number of amides is 1. The van der Waals surface area contributed by atoms with E-state index in [1.807, 2.05) is 11.1 Å². The number of carbonyl (C=O) groups is 1. The lowest BCUT2D eigenvalue weighted by Gasteiger charge is -2.53. The van der Waals surface area contributed by atoms with E-state index in [2.05, 4.69) is 55.4 Å². The average Bonchev–Trinajstić information content (AvgIpc) is 3.56. The molecule has 1 aliphatic carbocycles. The standard InChI is InChI=1S/C29H33N7O2/c1-2-26(37)35-17-29(18-35)7-5-20(6-8-29)16-36-25-4-3-21(13-22(25)15-32-36)24-14-23-27(33-24)30-19-31-28(23)34-9-11-38-12-10-34/h2-4,13-15,19-20H,1,5-12,16-18H2,(H,30,31,33). The van der Waals surface area contributed by atoms with E-state index < -0.39 is 0 Å². The molecule has 1 saturated carbocycles. The van der Waals surface area contributed by atoms with Gasteiger partial charge in [-0.15, -0.1) is 0 Å². The van der Waals surface area contributed by atoms with Gasteiger partial charge >= 0.3 is 0 Å². The zero-order valence-electron chi connectivity index (χ0n) is 21.6. The Morgan fingerprint density at radius 1 is 1.16 bits per heavy atom. The number of hydrogen-bond donors (Lipinski definition) is 1. The molecule has 3 fully saturated rings. The van der Waals surface area contributed by atoms with Crippen LogP contribution < -0.4 is 4.90 Å².